The van der Waals surface area contributed by atoms with Crippen molar-refractivity contribution >= 4 is 12.0 Å². The van der Waals surface area contributed by atoms with Crippen molar-refractivity contribution in [3.63, 3.8) is 0 Å². The molecule has 9 nitrogen and oxygen atoms in total. The topological polar surface area (TPSA) is 86.8 Å². The Morgan fingerprint density at radius 2 is 1.98 bits per heavy atom. The lowest BCUT2D eigenvalue weighted by Gasteiger charge is -2.55. The average Bonchev–Trinajstić information content (AvgIpc) is 2.86. The highest BCUT2D eigenvalue weighted by molar-refractivity contribution is 5.77. The first-order valence-corrected chi connectivity index (χ1v) is 14.2. The summed E-state index contributed by atoms with van der Waals surface area (Å²) < 4.78 is 31.5. The molecule has 3 aliphatic heterocycles. The summed E-state index contributed by atoms with van der Waals surface area (Å²) in [5, 5.41) is 0. The molecule has 1 aromatic carbocycles. The molecule has 0 bridgehead atoms. The van der Waals surface area contributed by atoms with E-state index in [0.29, 0.717) is 44.2 Å². The third-order valence-corrected chi connectivity index (χ3v) is 7.86. The summed E-state index contributed by atoms with van der Waals surface area (Å²) in [7, 11) is 3.41. The molecule has 2 fully saturated rings. The molecule has 222 valence electrons. The molecule has 3 aliphatic rings. The van der Waals surface area contributed by atoms with E-state index in [-0.39, 0.29) is 30.6 Å². The second kappa shape index (κ2) is 11.6. The van der Waals surface area contributed by atoms with Gasteiger partial charge in [-0.1, -0.05) is 23.8 Å². The van der Waals surface area contributed by atoms with Crippen LogP contribution in [0.3, 0.4) is 0 Å². The van der Waals surface area contributed by atoms with Gasteiger partial charge in [0.1, 0.15) is 16.8 Å². The number of carbonyl (C=O) groups excluding carboxylic acids is 2. The molecule has 0 saturated carbocycles. The number of allylic oxidation sites excluding steroid dienone is 2. The number of benzene rings is 1. The van der Waals surface area contributed by atoms with E-state index in [1.165, 1.54) is 10.5 Å². The fourth-order valence-corrected chi connectivity index (χ4v) is 5.75. The Bertz CT molecular complexity index is 1120. The predicted molar refractivity (Wildman–Crippen MR) is 152 cm³/mol. The fraction of sp³-hybridized carbons (Fsp3) is 0.677. The minimum Gasteiger partial charge on any atom is -0.483 e. The van der Waals surface area contributed by atoms with Crippen LogP contribution in [0.5, 0.6) is 11.5 Å². The van der Waals surface area contributed by atoms with Gasteiger partial charge in [0.05, 0.1) is 25.9 Å². The maximum Gasteiger partial charge on any atom is 0.410 e. The van der Waals surface area contributed by atoms with Crippen molar-refractivity contribution in [3.05, 3.63) is 35.4 Å². The van der Waals surface area contributed by atoms with Crippen LogP contribution in [-0.4, -0.2) is 85.6 Å². The minimum atomic E-state index is -0.652. The number of morpholine rings is 1. The number of fused-ring (bicyclic) bond motifs is 3. The predicted octanol–water partition coefficient (Wildman–Crippen LogP) is 5.13. The Morgan fingerprint density at radius 3 is 2.65 bits per heavy atom. The number of nitrogens with zero attached hydrogens (tertiary/aromatic N) is 2. The highest BCUT2D eigenvalue weighted by atomic mass is 16.6. The molecule has 40 heavy (non-hydrogen) atoms. The van der Waals surface area contributed by atoms with Gasteiger partial charge in [-0.15, -0.1) is 0 Å². The number of hydrogen-bond acceptors (Lipinski definition) is 7. The summed E-state index contributed by atoms with van der Waals surface area (Å²) >= 11 is 0. The van der Waals surface area contributed by atoms with Gasteiger partial charge < -0.3 is 33.5 Å². The van der Waals surface area contributed by atoms with Crippen molar-refractivity contribution < 1.29 is 33.3 Å². The molecule has 1 spiro atoms. The van der Waals surface area contributed by atoms with Crippen LogP contribution in [0.2, 0.25) is 0 Å². The minimum absolute atomic E-state index is 0.0310. The number of ether oxygens (including phenoxy) is 5. The zero-order valence-corrected chi connectivity index (χ0v) is 25.4. The van der Waals surface area contributed by atoms with Gasteiger partial charge in [-0.3, -0.25) is 4.79 Å². The lowest BCUT2D eigenvalue weighted by molar-refractivity contribution is -0.231. The summed E-state index contributed by atoms with van der Waals surface area (Å²) in [5.74, 6) is 1.01. The number of rotatable bonds is 6. The standard InChI is InChI=1S/C31H46N2O7/c1-21(2)11-10-14-30(6)23-17-31(19-33(15-16-38-31)28(35)40-29(3,4)5)20-37-26(23)22-12-9-13-24(27(22)39-30)36-18-25(34)32(7)8/h9,11-13,23,26H,10,14-20H2,1-8H3/t23-,26+,30+,31+/m0/s1. The maximum absolute atomic E-state index is 12.9. The third-order valence-electron chi connectivity index (χ3n) is 7.86. The molecular formula is C31H46N2O7. The molecule has 3 heterocycles. The zero-order valence-electron chi connectivity index (χ0n) is 25.4. The number of amides is 2. The first-order chi connectivity index (χ1) is 18.7. The monoisotopic (exact) mass is 558 g/mol. The van der Waals surface area contributed by atoms with Crippen molar-refractivity contribution in [2.45, 2.75) is 83.7 Å². The maximum atomic E-state index is 12.9. The highest BCUT2D eigenvalue weighted by Gasteiger charge is 2.56. The van der Waals surface area contributed by atoms with E-state index < -0.39 is 16.8 Å². The number of carbonyl (C=O) groups is 2. The van der Waals surface area contributed by atoms with Crippen LogP contribution in [0.1, 0.15) is 72.5 Å². The SMILES string of the molecule is CC(C)=CCC[C@@]1(C)Oc2c(OCC(=O)N(C)C)cccc2[C@H]2OC[C@@]3(C[C@@H]21)CN(C(=O)OC(C)(C)C)CCO3. The van der Waals surface area contributed by atoms with E-state index in [2.05, 4.69) is 26.8 Å². The quantitative estimate of drug-likeness (QED) is 0.447. The van der Waals surface area contributed by atoms with E-state index in [1.54, 1.807) is 19.0 Å². The van der Waals surface area contributed by atoms with E-state index in [4.69, 9.17) is 23.7 Å². The van der Waals surface area contributed by atoms with Crippen LogP contribution in [0.4, 0.5) is 4.79 Å². The molecule has 4 atom stereocenters. The highest BCUT2D eigenvalue weighted by Crippen LogP contribution is 2.55. The smallest absolute Gasteiger partial charge is 0.410 e. The van der Waals surface area contributed by atoms with E-state index in [0.717, 1.165) is 18.4 Å². The summed E-state index contributed by atoms with van der Waals surface area (Å²) in [6.07, 6.45) is 3.93. The molecule has 0 unspecified atom stereocenters. The first-order valence-electron chi connectivity index (χ1n) is 14.2. The fourth-order valence-electron chi connectivity index (χ4n) is 5.75. The number of likely N-dealkylation sites (N-methyl/N-ethyl adjacent to an activating group) is 1. The van der Waals surface area contributed by atoms with Gasteiger partial charge in [-0.25, -0.2) is 4.79 Å². The molecule has 0 N–H and O–H groups in total. The molecule has 2 saturated heterocycles. The molecule has 0 radical (unpaired) electrons. The van der Waals surface area contributed by atoms with Gasteiger partial charge in [-0.2, -0.15) is 0 Å². The third kappa shape index (κ3) is 6.74. The molecule has 1 aromatic rings. The molecular weight excluding hydrogens is 512 g/mol. The average molecular weight is 559 g/mol. The summed E-state index contributed by atoms with van der Waals surface area (Å²) in [5.41, 5.74) is 0.343. The van der Waals surface area contributed by atoms with Crippen molar-refractivity contribution in [2.75, 3.05) is 47.0 Å². The van der Waals surface area contributed by atoms with Gasteiger partial charge in [-0.05, 0) is 66.9 Å². The van der Waals surface area contributed by atoms with Gasteiger partial charge >= 0.3 is 6.09 Å². The molecule has 2 amide bonds. The van der Waals surface area contributed by atoms with Crippen LogP contribution in [0.25, 0.3) is 0 Å². The van der Waals surface area contributed by atoms with Crippen molar-refractivity contribution in [1.29, 1.82) is 0 Å². The molecule has 4 rings (SSSR count). The summed E-state index contributed by atoms with van der Waals surface area (Å²) in [4.78, 5) is 28.4. The Balaban J connectivity index is 1.63. The largest absolute Gasteiger partial charge is 0.483 e. The zero-order chi connectivity index (χ0) is 29.3. The molecule has 9 heteroatoms. The van der Waals surface area contributed by atoms with Crippen LogP contribution < -0.4 is 9.47 Å². The number of para-hydroxylation sites is 1. The Morgan fingerprint density at radius 1 is 1.23 bits per heavy atom. The van der Waals surface area contributed by atoms with Crippen LogP contribution >= 0.6 is 0 Å². The Kier molecular flexibility index (Phi) is 8.76. The Hall–Kier alpha value is -2.78. The van der Waals surface area contributed by atoms with Crippen molar-refractivity contribution in [2.24, 2.45) is 5.92 Å². The number of hydrogen-bond donors (Lipinski definition) is 0. The van der Waals surface area contributed by atoms with Gasteiger partial charge in [0, 0.05) is 32.1 Å². The lowest BCUT2D eigenvalue weighted by Crippen LogP contribution is -2.63. The van der Waals surface area contributed by atoms with E-state index in [9.17, 15) is 9.59 Å². The van der Waals surface area contributed by atoms with Gasteiger partial charge in [0.2, 0.25) is 0 Å². The van der Waals surface area contributed by atoms with E-state index in [1.807, 2.05) is 39.0 Å². The van der Waals surface area contributed by atoms with Crippen molar-refractivity contribution in [3.8, 4) is 11.5 Å². The lowest BCUT2D eigenvalue weighted by atomic mass is 9.69. The Labute approximate surface area is 238 Å². The van der Waals surface area contributed by atoms with Gasteiger partial charge in [0.25, 0.3) is 5.91 Å². The normalized spacial score (nSPS) is 27.6. The van der Waals surface area contributed by atoms with Crippen LogP contribution in [0.15, 0.2) is 29.8 Å². The van der Waals surface area contributed by atoms with E-state index >= 15 is 0 Å². The van der Waals surface area contributed by atoms with Crippen LogP contribution in [0, 0.1) is 5.92 Å². The summed E-state index contributed by atoms with van der Waals surface area (Å²) in [6.45, 7) is 13.5. The summed E-state index contributed by atoms with van der Waals surface area (Å²) in [6, 6.07) is 5.76. The van der Waals surface area contributed by atoms with Gasteiger partial charge in [0.15, 0.2) is 18.1 Å². The molecule has 0 aromatic heterocycles. The van der Waals surface area contributed by atoms with Crippen LogP contribution in [-0.2, 0) is 19.0 Å². The van der Waals surface area contributed by atoms with Crippen molar-refractivity contribution in [1.82, 2.24) is 9.80 Å². The second-order valence-electron chi connectivity index (χ2n) is 13.0. The first kappa shape index (κ1) is 30.2. The molecule has 0 aliphatic carbocycles. The second-order valence-corrected chi connectivity index (χ2v) is 13.0.